The van der Waals surface area contributed by atoms with Crippen LogP contribution in [0.5, 0.6) is 0 Å². The molecule has 128 valence electrons. The average Bonchev–Trinajstić information content (AvgIpc) is 2.92. The number of thiazole rings is 1. The summed E-state index contributed by atoms with van der Waals surface area (Å²) in [5.74, 6) is 0.278. The molecule has 3 nitrogen and oxygen atoms in total. The number of alkyl halides is 6. The lowest BCUT2D eigenvalue weighted by atomic mass is 10.1. The second kappa shape index (κ2) is 6.08. The van der Waals surface area contributed by atoms with Crippen LogP contribution in [0.15, 0.2) is 30.5 Å². The Labute approximate surface area is 135 Å². The highest BCUT2D eigenvalue weighted by molar-refractivity contribution is 7.12. The van der Waals surface area contributed by atoms with Gasteiger partial charge in [-0.1, -0.05) is 18.1 Å². The van der Waals surface area contributed by atoms with Gasteiger partial charge in [-0.05, 0) is 18.1 Å². The van der Waals surface area contributed by atoms with E-state index in [4.69, 9.17) is 10.2 Å². The Morgan fingerprint density at radius 1 is 0.958 bits per heavy atom. The van der Waals surface area contributed by atoms with Gasteiger partial charge in [0.25, 0.3) is 0 Å². The molecule has 0 amide bonds. The third-order valence-corrected chi connectivity index (χ3v) is 3.76. The van der Waals surface area contributed by atoms with Crippen LogP contribution in [0, 0.1) is 11.8 Å². The van der Waals surface area contributed by atoms with Crippen molar-refractivity contribution in [3.63, 3.8) is 0 Å². The summed E-state index contributed by atoms with van der Waals surface area (Å²) in [5, 5.41) is 17.0. The highest BCUT2D eigenvalue weighted by atomic mass is 32.1. The molecule has 0 atom stereocenters. The number of aliphatic hydroxyl groups is 2. The third kappa shape index (κ3) is 3.69. The van der Waals surface area contributed by atoms with Crippen LogP contribution in [-0.4, -0.2) is 21.4 Å². The standard InChI is InChI=1S/C14H7F6NO2S/c15-13(16,17)10-4-2-1-3-8(10)5-6-9-7-21-11(24-9)12(22,23)14(18,19)20/h1-4,7,22-23H. The van der Waals surface area contributed by atoms with Crippen LogP contribution in [0.25, 0.3) is 0 Å². The normalized spacial score (nSPS) is 12.7. The van der Waals surface area contributed by atoms with Crippen molar-refractivity contribution < 1.29 is 36.6 Å². The molecule has 0 spiro atoms. The maximum Gasteiger partial charge on any atom is 0.450 e. The molecule has 1 heterocycles. The summed E-state index contributed by atoms with van der Waals surface area (Å²) in [5.41, 5.74) is -1.36. The van der Waals surface area contributed by atoms with Crippen molar-refractivity contribution in [3.8, 4) is 11.8 Å². The largest absolute Gasteiger partial charge is 0.450 e. The second-order valence-corrected chi connectivity index (χ2v) is 5.52. The van der Waals surface area contributed by atoms with Crippen LogP contribution in [0.2, 0.25) is 0 Å². The van der Waals surface area contributed by atoms with E-state index in [1.807, 2.05) is 0 Å². The zero-order chi connectivity index (χ0) is 18.2. The zero-order valence-electron chi connectivity index (χ0n) is 11.4. The Kier molecular flexibility index (Phi) is 4.63. The summed E-state index contributed by atoms with van der Waals surface area (Å²) in [6, 6.07) is 4.43. The summed E-state index contributed by atoms with van der Waals surface area (Å²) < 4.78 is 75.8. The number of hydrogen-bond donors (Lipinski definition) is 2. The van der Waals surface area contributed by atoms with E-state index < -0.39 is 28.7 Å². The lowest BCUT2D eigenvalue weighted by Crippen LogP contribution is -2.41. The predicted molar refractivity (Wildman–Crippen MR) is 71.7 cm³/mol. The fraction of sp³-hybridized carbons (Fsp3) is 0.214. The first kappa shape index (κ1) is 18.3. The molecule has 24 heavy (non-hydrogen) atoms. The van der Waals surface area contributed by atoms with E-state index in [1.165, 1.54) is 12.1 Å². The molecule has 0 saturated carbocycles. The minimum Gasteiger partial charge on any atom is -0.353 e. The van der Waals surface area contributed by atoms with Crippen molar-refractivity contribution in [2.75, 3.05) is 0 Å². The van der Waals surface area contributed by atoms with Crippen LogP contribution < -0.4 is 0 Å². The number of nitrogens with zero attached hydrogens (tertiary/aromatic N) is 1. The molecule has 0 fully saturated rings. The minimum atomic E-state index is -5.38. The predicted octanol–water partition coefficient (Wildman–Crippen LogP) is 3.26. The molecule has 10 heteroatoms. The smallest absolute Gasteiger partial charge is 0.353 e. The molecule has 0 aliphatic rings. The Hall–Kier alpha value is -2.09. The van der Waals surface area contributed by atoms with Gasteiger partial charge in [0, 0.05) is 5.56 Å². The van der Waals surface area contributed by atoms with Crippen LogP contribution in [-0.2, 0) is 12.0 Å². The van der Waals surface area contributed by atoms with Crippen LogP contribution in [0.4, 0.5) is 26.3 Å². The number of aromatic nitrogens is 1. The first-order valence-electron chi connectivity index (χ1n) is 6.09. The SMILES string of the molecule is OC(O)(c1ncc(C#Cc2ccccc2C(F)(F)F)s1)C(F)(F)F. The van der Waals surface area contributed by atoms with E-state index in [2.05, 4.69) is 16.8 Å². The summed E-state index contributed by atoms with van der Waals surface area (Å²) in [7, 11) is 0. The summed E-state index contributed by atoms with van der Waals surface area (Å²) in [6.07, 6.45) is -9.19. The molecular weight excluding hydrogens is 360 g/mol. The number of rotatable bonds is 1. The third-order valence-electron chi connectivity index (χ3n) is 2.75. The van der Waals surface area contributed by atoms with Crippen molar-refractivity contribution in [2.24, 2.45) is 0 Å². The first-order chi connectivity index (χ1) is 10.9. The Morgan fingerprint density at radius 2 is 1.58 bits per heavy atom. The van der Waals surface area contributed by atoms with E-state index >= 15 is 0 Å². The maximum atomic E-state index is 12.8. The van der Waals surface area contributed by atoms with E-state index in [-0.39, 0.29) is 21.8 Å². The number of halogens is 6. The highest BCUT2D eigenvalue weighted by Gasteiger charge is 2.56. The lowest BCUT2D eigenvalue weighted by molar-refractivity contribution is -0.358. The average molecular weight is 367 g/mol. The minimum absolute atomic E-state index is 0.154. The molecule has 2 rings (SSSR count). The molecule has 2 N–H and O–H groups in total. The molecule has 0 saturated heterocycles. The lowest BCUT2D eigenvalue weighted by Gasteiger charge is -2.21. The summed E-state index contributed by atoms with van der Waals surface area (Å²) in [6.45, 7) is 0. The van der Waals surface area contributed by atoms with Crippen molar-refractivity contribution in [1.82, 2.24) is 4.98 Å². The van der Waals surface area contributed by atoms with Crippen LogP contribution >= 0.6 is 11.3 Å². The van der Waals surface area contributed by atoms with Crippen molar-refractivity contribution in [3.05, 3.63) is 51.5 Å². The number of benzene rings is 1. The van der Waals surface area contributed by atoms with Gasteiger partial charge < -0.3 is 10.2 Å². The quantitative estimate of drug-likeness (QED) is 0.462. The molecule has 0 bridgehead atoms. The molecular formula is C14H7F6NO2S. The van der Waals surface area contributed by atoms with Gasteiger partial charge in [0.15, 0.2) is 5.01 Å². The van der Waals surface area contributed by atoms with E-state index in [0.717, 1.165) is 18.3 Å². The van der Waals surface area contributed by atoms with E-state index in [1.54, 1.807) is 0 Å². The fourth-order valence-electron chi connectivity index (χ4n) is 1.58. The zero-order valence-corrected chi connectivity index (χ0v) is 12.2. The van der Waals surface area contributed by atoms with E-state index in [0.29, 0.717) is 0 Å². The van der Waals surface area contributed by atoms with E-state index in [9.17, 15) is 26.3 Å². The summed E-state index contributed by atoms with van der Waals surface area (Å²) in [4.78, 5) is 3.06. The van der Waals surface area contributed by atoms with Crippen molar-refractivity contribution in [1.29, 1.82) is 0 Å². The highest BCUT2D eigenvalue weighted by Crippen LogP contribution is 2.38. The molecule has 2 aromatic rings. The van der Waals surface area contributed by atoms with Gasteiger partial charge in [0.2, 0.25) is 0 Å². The molecule has 1 aromatic heterocycles. The van der Waals surface area contributed by atoms with Gasteiger partial charge in [0.05, 0.1) is 16.6 Å². The topological polar surface area (TPSA) is 53.4 Å². The maximum absolute atomic E-state index is 12.8. The van der Waals surface area contributed by atoms with Gasteiger partial charge >= 0.3 is 18.1 Å². The van der Waals surface area contributed by atoms with Gasteiger partial charge in [-0.2, -0.15) is 26.3 Å². The van der Waals surface area contributed by atoms with Crippen LogP contribution in [0.3, 0.4) is 0 Å². The fourth-order valence-corrected chi connectivity index (χ4v) is 2.36. The monoisotopic (exact) mass is 367 g/mol. The Balaban J connectivity index is 2.36. The number of hydrogen-bond acceptors (Lipinski definition) is 4. The van der Waals surface area contributed by atoms with Gasteiger partial charge in [-0.15, -0.1) is 11.3 Å². The summed E-state index contributed by atoms with van der Waals surface area (Å²) >= 11 is 0.213. The second-order valence-electron chi connectivity index (χ2n) is 4.49. The molecule has 0 aliphatic heterocycles. The van der Waals surface area contributed by atoms with Gasteiger partial charge in [0.1, 0.15) is 0 Å². The Morgan fingerprint density at radius 3 is 2.17 bits per heavy atom. The molecule has 1 aromatic carbocycles. The van der Waals surface area contributed by atoms with Crippen molar-refractivity contribution >= 4 is 11.3 Å². The molecule has 0 unspecified atom stereocenters. The molecule has 0 radical (unpaired) electrons. The van der Waals surface area contributed by atoms with Crippen LogP contribution in [0.1, 0.15) is 21.0 Å². The van der Waals surface area contributed by atoms with Gasteiger partial charge in [-0.3, -0.25) is 0 Å². The Bertz CT molecular complexity index is 798. The first-order valence-corrected chi connectivity index (χ1v) is 6.90. The van der Waals surface area contributed by atoms with Crippen molar-refractivity contribution in [2.45, 2.75) is 18.1 Å². The van der Waals surface area contributed by atoms with Gasteiger partial charge in [-0.25, -0.2) is 4.98 Å². The molecule has 0 aliphatic carbocycles.